The van der Waals surface area contributed by atoms with Gasteiger partial charge in [-0.25, -0.2) is 13.1 Å². The summed E-state index contributed by atoms with van der Waals surface area (Å²) in [6, 6.07) is 10.6. The first-order chi connectivity index (χ1) is 16.3. The van der Waals surface area contributed by atoms with Crippen molar-refractivity contribution in [1.82, 2.24) is 14.6 Å². The quantitative estimate of drug-likeness (QED) is 0.542. The van der Waals surface area contributed by atoms with Crippen molar-refractivity contribution in [3.05, 3.63) is 53.4 Å². The summed E-state index contributed by atoms with van der Waals surface area (Å²) in [5.41, 5.74) is 1.80. The largest absolute Gasteiger partial charge is 0.459 e. The van der Waals surface area contributed by atoms with Crippen LogP contribution in [0.25, 0.3) is 11.7 Å². The van der Waals surface area contributed by atoms with Crippen LogP contribution >= 0.6 is 0 Å². The number of aromatic nitrogens is 1. The second-order valence-electron chi connectivity index (χ2n) is 8.05. The Morgan fingerprint density at radius 3 is 2.62 bits per heavy atom. The van der Waals surface area contributed by atoms with Crippen molar-refractivity contribution in [3.8, 4) is 17.7 Å². The van der Waals surface area contributed by atoms with Crippen LogP contribution in [0, 0.1) is 25.2 Å². The average molecular weight is 484 g/mol. The molecule has 1 aromatic carbocycles. The molecule has 0 saturated carbocycles. The molecule has 1 aliphatic heterocycles. The standard InChI is InChI=1S/C23H25N5O5S/c1-16-5-6-20(17(2)14-16)34(30,31)25-8-7-21(29)27-9-11-28(12-10-27)23-18(15-24)26-22(33-23)19-4-3-13-32-19/h3-6,13-14,25H,7-12H2,1-2H3. The highest BCUT2D eigenvalue weighted by molar-refractivity contribution is 7.89. The van der Waals surface area contributed by atoms with Gasteiger partial charge in [-0.15, -0.1) is 0 Å². The van der Waals surface area contributed by atoms with E-state index in [4.69, 9.17) is 8.83 Å². The first-order valence-electron chi connectivity index (χ1n) is 10.8. The van der Waals surface area contributed by atoms with E-state index < -0.39 is 10.0 Å². The molecule has 4 rings (SSSR count). The molecule has 10 nitrogen and oxygen atoms in total. The second kappa shape index (κ2) is 9.70. The molecule has 0 spiro atoms. The van der Waals surface area contributed by atoms with Gasteiger partial charge < -0.3 is 18.6 Å². The van der Waals surface area contributed by atoms with Crippen LogP contribution in [-0.4, -0.2) is 56.9 Å². The third kappa shape index (κ3) is 4.98. The number of carbonyl (C=O) groups is 1. The van der Waals surface area contributed by atoms with Gasteiger partial charge in [0, 0.05) is 39.1 Å². The molecule has 0 radical (unpaired) electrons. The number of furan rings is 1. The van der Waals surface area contributed by atoms with Crippen LogP contribution in [-0.2, 0) is 14.8 Å². The third-order valence-corrected chi connectivity index (χ3v) is 7.24. The van der Waals surface area contributed by atoms with Gasteiger partial charge in [-0.1, -0.05) is 17.7 Å². The van der Waals surface area contributed by atoms with E-state index in [-0.39, 0.29) is 35.4 Å². The first-order valence-corrected chi connectivity index (χ1v) is 12.3. The maximum Gasteiger partial charge on any atom is 0.266 e. The number of oxazole rings is 1. The summed E-state index contributed by atoms with van der Waals surface area (Å²) in [5, 5.41) is 9.43. The van der Waals surface area contributed by atoms with Crippen molar-refractivity contribution in [2.45, 2.75) is 25.2 Å². The molecule has 3 aromatic rings. The first kappa shape index (κ1) is 23.5. The third-order valence-electron chi connectivity index (χ3n) is 5.62. The van der Waals surface area contributed by atoms with Gasteiger partial charge in [-0.05, 0) is 37.6 Å². The van der Waals surface area contributed by atoms with Crippen molar-refractivity contribution in [3.63, 3.8) is 0 Å². The number of aryl methyl sites for hydroxylation is 2. The maximum atomic E-state index is 12.6. The molecule has 3 heterocycles. The Morgan fingerprint density at radius 2 is 1.97 bits per heavy atom. The molecule has 0 bridgehead atoms. The number of hydrogen-bond donors (Lipinski definition) is 1. The fourth-order valence-electron chi connectivity index (χ4n) is 3.89. The summed E-state index contributed by atoms with van der Waals surface area (Å²) in [4.78, 5) is 20.6. The molecule has 2 aromatic heterocycles. The molecular formula is C23H25N5O5S. The lowest BCUT2D eigenvalue weighted by Crippen LogP contribution is -2.49. The summed E-state index contributed by atoms with van der Waals surface area (Å²) in [6.45, 7) is 5.42. The van der Waals surface area contributed by atoms with Crippen molar-refractivity contribution in [2.24, 2.45) is 0 Å². The van der Waals surface area contributed by atoms with E-state index in [0.29, 0.717) is 43.4 Å². The number of benzene rings is 1. The summed E-state index contributed by atoms with van der Waals surface area (Å²) >= 11 is 0. The van der Waals surface area contributed by atoms with Gasteiger partial charge in [0.15, 0.2) is 5.76 Å². The zero-order valence-electron chi connectivity index (χ0n) is 18.9. The summed E-state index contributed by atoms with van der Waals surface area (Å²) in [6.07, 6.45) is 1.55. The van der Waals surface area contributed by atoms with Gasteiger partial charge >= 0.3 is 0 Å². The van der Waals surface area contributed by atoms with Crippen molar-refractivity contribution < 1.29 is 22.0 Å². The van der Waals surface area contributed by atoms with Crippen molar-refractivity contribution >= 4 is 21.8 Å². The molecule has 1 saturated heterocycles. The molecule has 1 fully saturated rings. The normalized spacial score (nSPS) is 14.3. The molecule has 0 unspecified atom stereocenters. The van der Waals surface area contributed by atoms with Crippen LogP contribution in [0.3, 0.4) is 0 Å². The molecule has 11 heteroatoms. The molecule has 178 valence electrons. The Morgan fingerprint density at radius 1 is 1.21 bits per heavy atom. The van der Waals surface area contributed by atoms with E-state index in [1.807, 2.05) is 24.0 Å². The van der Waals surface area contributed by atoms with Crippen LogP contribution < -0.4 is 9.62 Å². The fourth-order valence-corrected chi connectivity index (χ4v) is 5.15. The molecule has 0 aliphatic carbocycles. The van der Waals surface area contributed by atoms with E-state index in [2.05, 4.69) is 9.71 Å². The number of anilines is 1. The summed E-state index contributed by atoms with van der Waals surface area (Å²) in [7, 11) is -3.69. The highest BCUT2D eigenvalue weighted by Crippen LogP contribution is 2.29. The predicted molar refractivity (Wildman–Crippen MR) is 123 cm³/mol. The zero-order chi connectivity index (χ0) is 24.3. The minimum atomic E-state index is -3.69. The molecule has 1 aliphatic rings. The van der Waals surface area contributed by atoms with E-state index >= 15 is 0 Å². The molecule has 34 heavy (non-hydrogen) atoms. The maximum absolute atomic E-state index is 12.6. The van der Waals surface area contributed by atoms with Crippen LogP contribution in [0.15, 0.2) is 50.3 Å². The van der Waals surface area contributed by atoms with Gasteiger partial charge in [-0.3, -0.25) is 4.79 Å². The minimum Gasteiger partial charge on any atom is -0.459 e. The number of nitrogens with zero attached hydrogens (tertiary/aromatic N) is 4. The Kier molecular flexibility index (Phi) is 6.72. The Labute approximate surface area is 197 Å². The lowest BCUT2D eigenvalue weighted by Gasteiger charge is -2.34. The van der Waals surface area contributed by atoms with Crippen LogP contribution in [0.2, 0.25) is 0 Å². The number of sulfonamides is 1. The van der Waals surface area contributed by atoms with E-state index in [1.165, 1.54) is 6.26 Å². The Balaban J connectivity index is 1.31. The minimum absolute atomic E-state index is 0.0158. The number of amides is 1. The van der Waals surface area contributed by atoms with Crippen molar-refractivity contribution in [2.75, 3.05) is 37.6 Å². The lowest BCUT2D eigenvalue weighted by atomic mass is 10.2. The number of rotatable bonds is 7. The molecule has 1 amide bonds. The smallest absolute Gasteiger partial charge is 0.266 e. The average Bonchev–Trinajstić information content (AvgIpc) is 3.48. The van der Waals surface area contributed by atoms with E-state index in [9.17, 15) is 18.5 Å². The molecular weight excluding hydrogens is 458 g/mol. The fraction of sp³-hybridized carbons (Fsp3) is 0.348. The monoisotopic (exact) mass is 483 g/mol. The Bertz CT molecular complexity index is 1320. The number of nitriles is 1. The van der Waals surface area contributed by atoms with Gasteiger partial charge in [0.1, 0.15) is 6.07 Å². The van der Waals surface area contributed by atoms with Gasteiger partial charge in [0.05, 0.1) is 11.2 Å². The zero-order valence-corrected chi connectivity index (χ0v) is 19.8. The van der Waals surface area contributed by atoms with Gasteiger partial charge in [-0.2, -0.15) is 10.2 Å². The molecule has 1 N–H and O–H groups in total. The summed E-state index contributed by atoms with van der Waals surface area (Å²) < 4.78 is 38.7. The highest BCUT2D eigenvalue weighted by atomic mass is 32.2. The highest BCUT2D eigenvalue weighted by Gasteiger charge is 2.27. The number of piperazine rings is 1. The number of carbonyl (C=O) groups excluding carboxylic acids is 1. The van der Waals surface area contributed by atoms with E-state index in [1.54, 1.807) is 36.1 Å². The predicted octanol–water partition coefficient (Wildman–Crippen LogP) is 2.44. The van der Waals surface area contributed by atoms with Gasteiger partial charge in [0.25, 0.3) is 5.89 Å². The Hall–Kier alpha value is -3.62. The number of hydrogen-bond acceptors (Lipinski definition) is 8. The summed E-state index contributed by atoms with van der Waals surface area (Å²) in [5.74, 6) is 0.866. The van der Waals surface area contributed by atoms with E-state index in [0.717, 1.165) is 5.56 Å². The topological polar surface area (TPSA) is 133 Å². The van der Waals surface area contributed by atoms with Crippen molar-refractivity contribution in [1.29, 1.82) is 5.26 Å². The molecule has 0 atom stereocenters. The van der Waals surface area contributed by atoms with Crippen LogP contribution in [0.4, 0.5) is 5.88 Å². The number of nitrogens with one attached hydrogen (secondary N) is 1. The lowest BCUT2D eigenvalue weighted by molar-refractivity contribution is -0.131. The SMILES string of the molecule is Cc1ccc(S(=O)(=O)NCCC(=O)N2CCN(c3oc(-c4ccco4)nc3C#N)CC2)c(C)c1. The van der Waals surface area contributed by atoms with Crippen LogP contribution in [0.5, 0.6) is 0 Å². The van der Waals surface area contributed by atoms with Crippen LogP contribution in [0.1, 0.15) is 23.2 Å². The van der Waals surface area contributed by atoms with Gasteiger partial charge in [0.2, 0.25) is 27.5 Å². The second-order valence-corrected chi connectivity index (χ2v) is 9.78.